The number of imidazole rings is 1. The maximum atomic E-state index is 12.5. The molecule has 2 aliphatic rings. The van der Waals surface area contributed by atoms with E-state index in [2.05, 4.69) is 19.6 Å². The summed E-state index contributed by atoms with van der Waals surface area (Å²) < 4.78 is 22.3. The van der Waals surface area contributed by atoms with Crippen LogP contribution in [0.25, 0.3) is 11.2 Å². The summed E-state index contributed by atoms with van der Waals surface area (Å²) in [6.07, 6.45) is -3.79. The van der Waals surface area contributed by atoms with Gasteiger partial charge in [0.15, 0.2) is 22.5 Å². The summed E-state index contributed by atoms with van der Waals surface area (Å²) in [7, 11) is -3.61. The molecule has 0 bridgehead atoms. The lowest BCUT2D eigenvalue weighted by Crippen LogP contribution is -2.38. The minimum atomic E-state index is -2.04. The molecule has 180 valence electrons. The van der Waals surface area contributed by atoms with Crippen LogP contribution in [0.3, 0.4) is 0 Å². The van der Waals surface area contributed by atoms with Crippen molar-refractivity contribution in [2.75, 3.05) is 12.3 Å². The van der Waals surface area contributed by atoms with Crippen LogP contribution in [-0.2, 0) is 24.2 Å². The second-order valence-electron chi connectivity index (χ2n) is 7.52. The normalized spacial score (nSPS) is 26.6. The Hall–Kier alpha value is -2.11. The first kappa shape index (κ1) is 23.6. The Labute approximate surface area is 196 Å². The molecule has 34 heavy (non-hydrogen) atoms. The zero-order valence-electron chi connectivity index (χ0n) is 17.2. The van der Waals surface area contributed by atoms with Crippen molar-refractivity contribution in [3.8, 4) is 0 Å². The third-order valence-corrected chi connectivity index (χ3v) is 7.30. The fourth-order valence-corrected chi connectivity index (χ4v) is 5.60. The van der Waals surface area contributed by atoms with Gasteiger partial charge in [-0.15, -0.1) is 0 Å². The molecule has 7 N–H and O–H groups in total. The van der Waals surface area contributed by atoms with Gasteiger partial charge in [0.2, 0.25) is 5.95 Å². The molecule has 2 saturated heterocycles. The van der Waals surface area contributed by atoms with Crippen LogP contribution in [0.5, 0.6) is 0 Å². The molecule has 0 saturated carbocycles. The lowest BCUT2D eigenvalue weighted by atomic mass is 9.80. The molecule has 2 fully saturated rings. The van der Waals surface area contributed by atoms with Gasteiger partial charge in [-0.2, -0.15) is 9.66 Å². The number of aliphatic hydroxyl groups is 1. The molecule has 14 nitrogen and oxygen atoms in total. The number of hydrogen-bond donors (Lipinski definition) is 6. The molecular weight excluding hydrogens is 492 g/mol. The number of aromatic amines is 1. The molecule has 2 aromatic heterocycles. The summed E-state index contributed by atoms with van der Waals surface area (Å²) in [5.74, 6) is 0.271. The van der Waals surface area contributed by atoms with Gasteiger partial charge in [-0.3, -0.25) is 14.3 Å². The Bertz CT molecular complexity index is 1240. The molecule has 2 aliphatic heterocycles. The van der Waals surface area contributed by atoms with Crippen LogP contribution in [0.2, 0.25) is 0 Å². The van der Waals surface area contributed by atoms with Crippen molar-refractivity contribution < 1.29 is 38.9 Å². The third kappa shape index (κ3) is 4.33. The molecule has 17 heteroatoms. The van der Waals surface area contributed by atoms with E-state index in [-0.39, 0.29) is 23.7 Å². The van der Waals surface area contributed by atoms with E-state index in [1.165, 1.54) is 16.3 Å². The van der Waals surface area contributed by atoms with E-state index in [4.69, 9.17) is 24.8 Å². The standard InChI is InChI=1S/C17H19BN5O9PS/c19-16-21-13-10(14(25)22-16)20-17(34-6-7-1-3-8(4-2-7)18(26)27)23(13)15-11(24)12-9(30-15)5-29-33(31-12)32-28/h1-4,9,11-12,15,24,26-28H,5-6H2,(H3,19,21,22,25). The first-order valence-corrected chi connectivity index (χ1v) is 12.0. The highest BCUT2D eigenvalue weighted by atomic mass is 32.2. The predicted molar refractivity (Wildman–Crippen MR) is 120 cm³/mol. The molecule has 3 aromatic rings. The van der Waals surface area contributed by atoms with E-state index in [0.29, 0.717) is 16.4 Å². The molecule has 5 unspecified atom stereocenters. The maximum Gasteiger partial charge on any atom is 0.488 e. The minimum Gasteiger partial charge on any atom is -0.423 e. The molecule has 0 radical (unpaired) electrons. The second kappa shape index (κ2) is 9.51. The Morgan fingerprint density at radius 3 is 2.79 bits per heavy atom. The third-order valence-electron chi connectivity index (χ3n) is 5.36. The zero-order chi connectivity index (χ0) is 24.0. The average molecular weight is 511 g/mol. The number of nitrogens with two attached hydrogens (primary N) is 1. The predicted octanol–water partition coefficient (Wildman–Crippen LogP) is -0.936. The number of fused-ring (bicyclic) bond motifs is 2. The zero-order valence-corrected chi connectivity index (χ0v) is 18.9. The number of thioether (sulfide) groups is 1. The van der Waals surface area contributed by atoms with Gasteiger partial charge in [-0.1, -0.05) is 36.0 Å². The topological polar surface area (TPSA) is 207 Å². The SMILES string of the molecule is Nc1nc2c(nc(SCc3ccc(B(O)O)cc3)n2C2OC3COP(OO)OC3C2O)c(=O)[nH]1. The van der Waals surface area contributed by atoms with Crippen LogP contribution in [0.4, 0.5) is 5.95 Å². The highest BCUT2D eigenvalue weighted by Gasteiger charge is 2.51. The molecule has 0 aliphatic carbocycles. The molecule has 0 spiro atoms. The number of benzene rings is 1. The summed E-state index contributed by atoms with van der Waals surface area (Å²) in [6, 6.07) is 6.64. The molecule has 4 heterocycles. The van der Waals surface area contributed by atoms with Gasteiger partial charge in [-0.05, 0) is 11.0 Å². The van der Waals surface area contributed by atoms with Crippen molar-refractivity contribution in [1.29, 1.82) is 0 Å². The molecular formula is C17H19BN5O9PS. The highest BCUT2D eigenvalue weighted by Crippen LogP contribution is 2.50. The summed E-state index contributed by atoms with van der Waals surface area (Å²) in [4.78, 5) is 23.5. The number of aromatic nitrogens is 4. The monoisotopic (exact) mass is 511 g/mol. The number of nitrogens with one attached hydrogen (secondary N) is 1. The number of nitrogen functional groups attached to an aromatic ring is 1. The van der Waals surface area contributed by atoms with E-state index in [1.54, 1.807) is 24.3 Å². The van der Waals surface area contributed by atoms with Crippen LogP contribution in [0, 0.1) is 0 Å². The van der Waals surface area contributed by atoms with Crippen molar-refractivity contribution in [3.63, 3.8) is 0 Å². The Kier molecular flexibility index (Phi) is 6.61. The summed E-state index contributed by atoms with van der Waals surface area (Å²) in [5, 5.41) is 38.7. The van der Waals surface area contributed by atoms with Crippen LogP contribution in [0.1, 0.15) is 11.8 Å². The summed E-state index contributed by atoms with van der Waals surface area (Å²) >= 11 is 1.25. The molecule has 5 atom stereocenters. The van der Waals surface area contributed by atoms with Gasteiger partial charge < -0.3 is 34.7 Å². The van der Waals surface area contributed by atoms with Crippen LogP contribution in [0.15, 0.2) is 34.2 Å². The van der Waals surface area contributed by atoms with Gasteiger partial charge in [-0.25, -0.2) is 10.2 Å². The number of aliphatic hydroxyl groups excluding tert-OH is 1. The number of nitrogens with zero attached hydrogens (tertiary/aromatic N) is 3. The van der Waals surface area contributed by atoms with E-state index in [1.807, 2.05) is 0 Å². The van der Waals surface area contributed by atoms with Gasteiger partial charge in [0.05, 0.1) is 6.61 Å². The van der Waals surface area contributed by atoms with Crippen molar-refractivity contribution in [2.45, 2.75) is 35.4 Å². The maximum absolute atomic E-state index is 12.5. The highest BCUT2D eigenvalue weighted by molar-refractivity contribution is 7.98. The smallest absolute Gasteiger partial charge is 0.423 e. The fourth-order valence-electron chi connectivity index (χ4n) is 3.75. The van der Waals surface area contributed by atoms with E-state index in [9.17, 15) is 19.9 Å². The number of H-pyrrole nitrogens is 1. The van der Waals surface area contributed by atoms with Gasteiger partial charge in [0, 0.05) is 5.75 Å². The van der Waals surface area contributed by atoms with E-state index < -0.39 is 45.8 Å². The molecule has 5 rings (SSSR count). The lowest BCUT2D eigenvalue weighted by Gasteiger charge is -2.28. The number of hydrogen-bond acceptors (Lipinski definition) is 13. The first-order valence-electron chi connectivity index (χ1n) is 9.96. The number of rotatable bonds is 6. The first-order chi connectivity index (χ1) is 16.4. The minimum absolute atomic E-state index is 0.0127. The second-order valence-corrected chi connectivity index (χ2v) is 9.54. The van der Waals surface area contributed by atoms with Gasteiger partial charge in [0.1, 0.15) is 18.3 Å². The van der Waals surface area contributed by atoms with Crippen LogP contribution in [-0.4, -0.2) is 72.0 Å². The van der Waals surface area contributed by atoms with Gasteiger partial charge in [0.25, 0.3) is 5.56 Å². The summed E-state index contributed by atoms with van der Waals surface area (Å²) in [6.45, 7) is 0.0127. The van der Waals surface area contributed by atoms with Crippen molar-refractivity contribution in [3.05, 3.63) is 40.2 Å². The lowest BCUT2D eigenvalue weighted by molar-refractivity contribution is -0.170. The number of ether oxygens (including phenoxy) is 1. The number of anilines is 1. The Morgan fingerprint density at radius 2 is 2.09 bits per heavy atom. The van der Waals surface area contributed by atoms with Crippen molar-refractivity contribution in [2.24, 2.45) is 0 Å². The van der Waals surface area contributed by atoms with E-state index in [0.717, 1.165) is 5.56 Å². The van der Waals surface area contributed by atoms with Crippen molar-refractivity contribution >= 4 is 50.1 Å². The average Bonchev–Trinajstić information content (AvgIpc) is 3.34. The molecule has 0 amide bonds. The van der Waals surface area contributed by atoms with Crippen LogP contribution >= 0.6 is 20.4 Å². The molecule has 1 aromatic carbocycles. The quantitative estimate of drug-likeness (QED) is 0.0778. The van der Waals surface area contributed by atoms with E-state index >= 15 is 0 Å². The Balaban J connectivity index is 1.49. The fraction of sp³-hybridized carbons (Fsp3) is 0.353. The summed E-state index contributed by atoms with van der Waals surface area (Å²) in [5.41, 5.74) is 6.53. The Morgan fingerprint density at radius 1 is 1.32 bits per heavy atom. The largest absolute Gasteiger partial charge is 0.488 e. The van der Waals surface area contributed by atoms with Crippen LogP contribution < -0.4 is 16.8 Å². The van der Waals surface area contributed by atoms with Crippen molar-refractivity contribution in [1.82, 2.24) is 19.5 Å². The van der Waals surface area contributed by atoms with Gasteiger partial charge >= 0.3 is 15.7 Å².